The van der Waals surface area contributed by atoms with Crippen LogP contribution in [0.15, 0.2) is 48.5 Å². The van der Waals surface area contributed by atoms with Crippen molar-refractivity contribution in [2.75, 3.05) is 6.61 Å². The molecule has 0 aliphatic heterocycles. The van der Waals surface area contributed by atoms with Crippen LogP contribution in [0.25, 0.3) is 0 Å². The molecule has 0 heterocycles. The number of amides is 2. The number of carbonyl (C=O) groups excluding carboxylic acids is 2. The minimum Gasteiger partial charge on any atom is -0.391 e. The Morgan fingerprint density at radius 3 is 2.30 bits per heavy atom. The number of hydrogen-bond donors (Lipinski definition) is 3. The first-order chi connectivity index (χ1) is 15.8. The Balaban J connectivity index is 1.95. The predicted octanol–water partition coefficient (Wildman–Crippen LogP) is 3.26. The van der Waals surface area contributed by atoms with Gasteiger partial charge >= 0.3 is 0 Å². The van der Waals surface area contributed by atoms with E-state index < -0.39 is 23.8 Å². The maximum Gasteiger partial charge on any atom is 0.246 e. The molecule has 180 valence electrons. The highest BCUT2D eigenvalue weighted by molar-refractivity contribution is 5.77. The summed E-state index contributed by atoms with van der Waals surface area (Å²) in [6, 6.07) is 11.5. The molecule has 0 aliphatic carbocycles. The van der Waals surface area contributed by atoms with Crippen LogP contribution in [0.4, 0.5) is 8.78 Å². The second kappa shape index (κ2) is 13.6. The number of nitrogens with one attached hydrogen (secondary N) is 2. The van der Waals surface area contributed by atoms with Gasteiger partial charge in [0.2, 0.25) is 11.8 Å². The molecule has 0 radical (unpaired) electrons. The van der Waals surface area contributed by atoms with Crippen LogP contribution in [-0.2, 0) is 27.4 Å². The zero-order valence-electron chi connectivity index (χ0n) is 19.0. The van der Waals surface area contributed by atoms with Gasteiger partial charge in [-0.05, 0) is 42.5 Å². The van der Waals surface area contributed by atoms with Crippen molar-refractivity contribution in [3.05, 3.63) is 71.3 Å². The predicted molar refractivity (Wildman–Crippen MR) is 121 cm³/mol. The van der Waals surface area contributed by atoms with Gasteiger partial charge in [-0.25, -0.2) is 8.78 Å². The third-order valence-corrected chi connectivity index (χ3v) is 5.10. The summed E-state index contributed by atoms with van der Waals surface area (Å²) in [5, 5.41) is 16.3. The molecular weight excluding hydrogens is 430 g/mol. The lowest BCUT2D eigenvalue weighted by Crippen LogP contribution is -2.48. The fourth-order valence-electron chi connectivity index (χ4n) is 3.69. The summed E-state index contributed by atoms with van der Waals surface area (Å²) in [6.45, 7) is 3.45. The summed E-state index contributed by atoms with van der Waals surface area (Å²) in [4.78, 5) is 24.0. The monoisotopic (exact) mass is 462 g/mol. The second-order valence-corrected chi connectivity index (χ2v) is 8.12. The fraction of sp³-hybridized carbons (Fsp3) is 0.440. The molecule has 2 amide bonds. The van der Waals surface area contributed by atoms with E-state index in [1.165, 1.54) is 19.1 Å². The number of hydrogen-bond acceptors (Lipinski definition) is 4. The van der Waals surface area contributed by atoms with Crippen LogP contribution in [-0.4, -0.2) is 41.7 Å². The van der Waals surface area contributed by atoms with Gasteiger partial charge in [0, 0.05) is 19.0 Å². The van der Waals surface area contributed by atoms with Gasteiger partial charge in [0.05, 0.1) is 18.8 Å². The number of halogens is 2. The van der Waals surface area contributed by atoms with E-state index in [1.54, 1.807) is 0 Å². The molecule has 0 aliphatic rings. The molecule has 2 aromatic rings. The number of benzene rings is 2. The second-order valence-electron chi connectivity index (χ2n) is 8.12. The van der Waals surface area contributed by atoms with Crippen LogP contribution in [0.1, 0.15) is 44.2 Å². The zero-order valence-corrected chi connectivity index (χ0v) is 19.0. The van der Waals surface area contributed by atoms with Crippen molar-refractivity contribution in [1.29, 1.82) is 0 Å². The van der Waals surface area contributed by atoms with Crippen molar-refractivity contribution in [3.8, 4) is 0 Å². The molecule has 3 N–H and O–H groups in total. The Kier molecular flexibility index (Phi) is 10.9. The Hall–Kier alpha value is -2.84. The van der Waals surface area contributed by atoms with E-state index in [2.05, 4.69) is 10.6 Å². The lowest BCUT2D eigenvalue weighted by Gasteiger charge is -2.28. The summed E-state index contributed by atoms with van der Waals surface area (Å²) in [6.07, 6.45) is 0.552. The van der Waals surface area contributed by atoms with E-state index in [-0.39, 0.29) is 37.3 Å². The van der Waals surface area contributed by atoms with E-state index in [4.69, 9.17) is 4.74 Å². The summed E-state index contributed by atoms with van der Waals surface area (Å²) >= 11 is 0. The smallest absolute Gasteiger partial charge is 0.246 e. The maximum absolute atomic E-state index is 13.6. The molecule has 3 atom stereocenters. The lowest BCUT2D eigenvalue weighted by molar-refractivity contribution is -0.127. The quantitative estimate of drug-likeness (QED) is 0.426. The maximum atomic E-state index is 13.6. The van der Waals surface area contributed by atoms with E-state index >= 15 is 0 Å². The van der Waals surface area contributed by atoms with Crippen molar-refractivity contribution in [2.45, 2.75) is 64.3 Å². The van der Waals surface area contributed by atoms with E-state index in [0.717, 1.165) is 18.1 Å². The molecular formula is C25H32F2N2O4. The average Bonchev–Trinajstić information content (AvgIpc) is 2.73. The van der Waals surface area contributed by atoms with Gasteiger partial charge in [-0.15, -0.1) is 0 Å². The first-order valence-electron chi connectivity index (χ1n) is 11.1. The van der Waals surface area contributed by atoms with E-state index in [0.29, 0.717) is 18.6 Å². The summed E-state index contributed by atoms with van der Waals surface area (Å²) < 4.78 is 32.6. The summed E-state index contributed by atoms with van der Waals surface area (Å²) in [5.74, 6) is -2.14. The molecule has 0 saturated carbocycles. The standard InChI is InChI=1S/C25H32F2N2O4/c1-3-7-22(29-25(32)16-33-15-18-8-5-4-6-9-18)14-24(31)23(28-17(2)30)12-19-10-20(26)13-21(27)11-19/h4-6,8-11,13,22-24,31H,3,7,12,14-16H2,1-2H3,(H,28,30)(H,29,32)/t22?,23-,24-/m0/s1. The van der Waals surface area contributed by atoms with Gasteiger partial charge in [-0.1, -0.05) is 43.7 Å². The normalized spacial score (nSPS) is 13.7. The topological polar surface area (TPSA) is 87.7 Å². The van der Waals surface area contributed by atoms with Gasteiger partial charge in [0.25, 0.3) is 0 Å². The Morgan fingerprint density at radius 1 is 1.03 bits per heavy atom. The minimum atomic E-state index is -1.04. The van der Waals surface area contributed by atoms with Crippen molar-refractivity contribution in [1.82, 2.24) is 10.6 Å². The number of rotatable bonds is 13. The molecule has 0 bridgehead atoms. The highest BCUT2D eigenvalue weighted by Crippen LogP contribution is 2.15. The summed E-state index contributed by atoms with van der Waals surface area (Å²) in [5.41, 5.74) is 1.27. The van der Waals surface area contributed by atoms with Crippen LogP contribution in [0.3, 0.4) is 0 Å². The van der Waals surface area contributed by atoms with Crippen molar-refractivity contribution in [3.63, 3.8) is 0 Å². The van der Waals surface area contributed by atoms with Crippen LogP contribution >= 0.6 is 0 Å². The Morgan fingerprint density at radius 2 is 1.70 bits per heavy atom. The molecule has 6 nitrogen and oxygen atoms in total. The Bertz CT molecular complexity index is 875. The van der Waals surface area contributed by atoms with Crippen molar-refractivity contribution < 1.29 is 28.2 Å². The molecule has 8 heteroatoms. The Labute approximate surface area is 193 Å². The first kappa shape index (κ1) is 26.4. The van der Waals surface area contributed by atoms with Crippen LogP contribution in [0, 0.1) is 11.6 Å². The number of aliphatic hydroxyl groups is 1. The average molecular weight is 463 g/mol. The molecule has 1 unspecified atom stereocenters. The highest BCUT2D eigenvalue weighted by atomic mass is 19.1. The molecule has 2 rings (SSSR count). The zero-order chi connectivity index (χ0) is 24.2. The van der Waals surface area contributed by atoms with Gasteiger partial charge in [0.15, 0.2) is 0 Å². The largest absolute Gasteiger partial charge is 0.391 e. The fourth-order valence-corrected chi connectivity index (χ4v) is 3.69. The molecule has 2 aromatic carbocycles. The minimum absolute atomic E-state index is 0.0441. The first-order valence-corrected chi connectivity index (χ1v) is 11.1. The third-order valence-electron chi connectivity index (χ3n) is 5.10. The molecule has 0 saturated heterocycles. The molecule has 0 spiro atoms. The number of ether oxygens (including phenoxy) is 1. The third kappa shape index (κ3) is 10.1. The van der Waals surface area contributed by atoms with E-state index in [9.17, 15) is 23.5 Å². The molecule has 33 heavy (non-hydrogen) atoms. The van der Waals surface area contributed by atoms with Crippen LogP contribution in [0.2, 0.25) is 0 Å². The van der Waals surface area contributed by atoms with Crippen LogP contribution < -0.4 is 10.6 Å². The van der Waals surface area contributed by atoms with Gasteiger partial charge < -0.3 is 20.5 Å². The van der Waals surface area contributed by atoms with Gasteiger partial charge in [0.1, 0.15) is 18.2 Å². The molecule has 0 fully saturated rings. The summed E-state index contributed by atoms with van der Waals surface area (Å²) in [7, 11) is 0. The van der Waals surface area contributed by atoms with Crippen molar-refractivity contribution in [2.24, 2.45) is 0 Å². The van der Waals surface area contributed by atoms with E-state index in [1.807, 2.05) is 37.3 Å². The van der Waals surface area contributed by atoms with Crippen molar-refractivity contribution >= 4 is 11.8 Å². The number of carbonyl (C=O) groups is 2. The molecule has 0 aromatic heterocycles. The van der Waals surface area contributed by atoms with Gasteiger partial charge in [-0.3, -0.25) is 9.59 Å². The lowest BCUT2D eigenvalue weighted by atomic mass is 9.94. The van der Waals surface area contributed by atoms with Gasteiger partial charge in [-0.2, -0.15) is 0 Å². The highest BCUT2D eigenvalue weighted by Gasteiger charge is 2.25. The van der Waals surface area contributed by atoms with Crippen LogP contribution in [0.5, 0.6) is 0 Å². The SMILES string of the molecule is CCCC(C[C@H](O)[C@H](Cc1cc(F)cc(F)c1)NC(C)=O)NC(=O)COCc1ccccc1. The number of aliphatic hydroxyl groups excluding tert-OH is 1.